The Morgan fingerprint density at radius 3 is 2.37 bits per heavy atom. The molecule has 3 aromatic carbocycles. The number of rotatable bonds is 2. The molecule has 2 N–H and O–H groups in total. The lowest BCUT2D eigenvalue weighted by Gasteiger charge is -2.30. The summed E-state index contributed by atoms with van der Waals surface area (Å²) in [5, 5.41) is 6.69. The van der Waals surface area contributed by atoms with Crippen LogP contribution >= 0.6 is 0 Å². The summed E-state index contributed by atoms with van der Waals surface area (Å²) < 4.78 is 28.7. The van der Waals surface area contributed by atoms with Crippen LogP contribution in [0.4, 0.5) is 20.2 Å². The van der Waals surface area contributed by atoms with Gasteiger partial charge in [0.1, 0.15) is 11.6 Å². The van der Waals surface area contributed by atoms with Gasteiger partial charge in [-0.25, -0.2) is 8.78 Å². The maximum absolute atomic E-state index is 14.7. The number of para-hydroxylation sites is 2. The Morgan fingerprint density at radius 1 is 0.833 bits per heavy atom. The fourth-order valence-electron chi connectivity index (χ4n) is 4.42. The summed E-state index contributed by atoms with van der Waals surface area (Å²) in [6.07, 6.45) is 0.949. The van der Waals surface area contributed by atoms with E-state index in [1.807, 2.05) is 54.6 Å². The fraction of sp³-hybridized carbons (Fsp3) is 0.160. The van der Waals surface area contributed by atoms with Crippen molar-refractivity contribution in [3.8, 4) is 0 Å². The van der Waals surface area contributed by atoms with E-state index in [-0.39, 0.29) is 17.3 Å². The number of benzene rings is 3. The van der Waals surface area contributed by atoms with Crippen molar-refractivity contribution >= 4 is 17.2 Å². The standard InChI is InChI=1S/C25H20F2N2O/c26-17-10-11-19(27)18(14-17)25-24-22(28-20-8-4-5-9-21(20)29-25)12-16(13-23(24)30)15-6-2-1-3-7-15/h1-11,14,16,25,28-29H,12-13H2/t16-,25-/m1/s1. The Morgan fingerprint density at radius 2 is 1.57 bits per heavy atom. The lowest BCUT2D eigenvalue weighted by Crippen LogP contribution is -2.27. The lowest BCUT2D eigenvalue weighted by atomic mass is 9.78. The Balaban J connectivity index is 1.65. The SMILES string of the molecule is O=C1C[C@H](c2ccccc2)CC2=C1[C@@H](c1cc(F)ccc1F)Nc1ccccc1N2. The minimum Gasteiger partial charge on any atom is -0.372 e. The summed E-state index contributed by atoms with van der Waals surface area (Å²) >= 11 is 0. The zero-order valence-corrected chi connectivity index (χ0v) is 16.2. The molecule has 1 heterocycles. The normalized spacial score (nSPS) is 20.5. The molecule has 1 aliphatic carbocycles. The van der Waals surface area contributed by atoms with Crippen LogP contribution in [-0.4, -0.2) is 5.78 Å². The van der Waals surface area contributed by atoms with Crippen molar-refractivity contribution < 1.29 is 13.6 Å². The van der Waals surface area contributed by atoms with Gasteiger partial charge in [-0.15, -0.1) is 0 Å². The number of carbonyl (C=O) groups excluding carboxylic acids is 1. The van der Waals surface area contributed by atoms with Crippen molar-refractivity contribution in [2.24, 2.45) is 0 Å². The number of halogens is 2. The van der Waals surface area contributed by atoms with E-state index in [1.54, 1.807) is 0 Å². The topological polar surface area (TPSA) is 41.1 Å². The number of nitrogens with one attached hydrogen (secondary N) is 2. The van der Waals surface area contributed by atoms with E-state index in [0.29, 0.717) is 18.4 Å². The molecule has 0 unspecified atom stereocenters. The predicted molar refractivity (Wildman–Crippen MR) is 113 cm³/mol. The van der Waals surface area contributed by atoms with Crippen LogP contribution in [0.25, 0.3) is 0 Å². The minimum absolute atomic E-state index is 0.0354. The van der Waals surface area contributed by atoms with E-state index in [2.05, 4.69) is 10.6 Å². The first-order valence-electron chi connectivity index (χ1n) is 9.99. The maximum Gasteiger partial charge on any atom is 0.163 e. The first kappa shape index (κ1) is 18.6. The highest BCUT2D eigenvalue weighted by Gasteiger charge is 2.37. The lowest BCUT2D eigenvalue weighted by molar-refractivity contribution is -0.116. The van der Waals surface area contributed by atoms with Gasteiger partial charge in [-0.3, -0.25) is 4.79 Å². The van der Waals surface area contributed by atoms with Crippen LogP contribution in [0.1, 0.15) is 35.9 Å². The van der Waals surface area contributed by atoms with Crippen molar-refractivity contribution in [3.63, 3.8) is 0 Å². The minimum atomic E-state index is -0.768. The predicted octanol–water partition coefficient (Wildman–Crippen LogP) is 5.94. The number of hydrogen-bond donors (Lipinski definition) is 2. The molecule has 0 spiro atoms. The summed E-state index contributed by atoms with van der Waals surface area (Å²) in [5.74, 6) is -1.11. The highest BCUT2D eigenvalue weighted by molar-refractivity contribution is 6.01. The molecular weight excluding hydrogens is 382 g/mol. The second-order valence-electron chi connectivity index (χ2n) is 7.75. The quantitative estimate of drug-likeness (QED) is 0.557. The molecular formula is C25H20F2N2O. The molecule has 0 aromatic heterocycles. The number of fused-ring (bicyclic) bond motifs is 1. The largest absolute Gasteiger partial charge is 0.372 e. The number of allylic oxidation sites excluding steroid dienone is 1. The van der Waals surface area contributed by atoms with Crippen molar-refractivity contribution in [2.45, 2.75) is 24.8 Å². The van der Waals surface area contributed by atoms with E-state index in [1.165, 1.54) is 6.07 Å². The van der Waals surface area contributed by atoms with Gasteiger partial charge in [-0.05, 0) is 48.2 Å². The molecule has 0 amide bonds. The molecule has 1 aliphatic heterocycles. The molecule has 0 saturated heterocycles. The number of Topliss-reactive ketones (excluding diaryl/α,β-unsaturated/α-hetero) is 1. The van der Waals surface area contributed by atoms with Gasteiger partial charge >= 0.3 is 0 Å². The van der Waals surface area contributed by atoms with Crippen LogP contribution in [0.5, 0.6) is 0 Å². The summed E-state index contributed by atoms with van der Waals surface area (Å²) in [6.45, 7) is 0. The highest BCUT2D eigenvalue weighted by atomic mass is 19.1. The van der Waals surface area contributed by atoms with Gasteiger partial charge in [0.05, 0.1) is 17.4 Å². The van der Waals surface area contributed by atoms with Crippen LogP contribution < -0.4 is 10.6 Å². The van der Waals surface area contributed by atoms with Gasteiger partial charge in [-0.2, -0.15) is 0 Å². The number of carbonyl (C=O) groups is 1. The fourth-order valence-corrected chi connectivity index (χ4v) is 4.42. The second kappa shape index (κ2) is 7.41. The van der Waals surface area contributed by atoms with Crippen molar-refractivity contribution in [1.29, 1.82) is 0 Å². The van der Waals surface area contributed by atoms with Crippen molar-refractivity contribution in [1.82, 2.24) is 0 Å². The van der Waals surface area contributed by atoms with E-state index >= 15 is 0 Å². The molecule has 3 aromatic rings. The molecule has 0 radical (unpaired) electrons. The molecule has 30 heavy (non-hydrogen) atoms. The van der Waals surface area contributed by atoms with Gasteiger partial charge < -0.3 is 10.6 Å². The first-order valence-corrected chi connectivity index (χ1v) is 9.99. The van der Waals surface area contributed by atoms with Crippen LogP contribution in [0.15, 0.2) is 84.1 Å². The zero-order valence-electron chi connectivity index (χ0n) is 16.2. The molecule has 150 valence electrons. The number of hydrogen-bond acceptors (Lipinski definition) is 3. The molecule has 2 atom stereocenters. The second-order valence-corrected chi connectivity index (χ2v) is 7.75. The third kappa shape index (κ3) is 3.26. The average molecular weight is 402 g/mol. The maximum atomic E-state index is 14.7. The average Bonchev–Trinajstić information content (AvgIpc) is 2.93. The Bertz CT molecular complexity index is 1160. The summed E-state index contributed by atoms with van der Waals surface area (Å²) in [5.41, 5.74) is 4.01. The van der Waals surface area contributed by atoms with E-state index in [0.717, 1.165) is 34.8 Å². The zero-order chi connectivity index (χ0) is 20.7. The molecule has 0 saturated carbocycles. The van der Waals surface area contributed by atoms with Gasteiger partial charge in [0.15, 0.2) is 5.78 Å². The van der Waals surface area contributed by atoms with E-state index in [9.17, 15) is 13.6 Å². The summed E-state index contributed by atoms with van der Waals surface area (Å²) in [7, 11) is 0. The molecule has 0 fully saturated rings. The van der Waals surface area contributed by atoms with Gasteiger partial charge in [0.25, 0.3) is 0 Å². The van der Waals surface area contributed by atoms with Gasteiger partial charge in [0.2, 0.25) is 0 Å². The van der Waals surface area contributed by atoms with Crippen LogP contribution in [0.2, 0.25) is 0 Å². The van der Waals surface area contributed by atoms with E-state index in [4.69, 9.17) is 0 Å². The first-order chi connectivity index (χ1) is 14.6. The third-order valence-electron chi connectivity index (χ3n) is 5.85. The number of ketones is 1. The van der Waals surface area contributed by atoms with Crippen LogP contribution in [-0.2, 0) is 4.79 Å². The van der Waals surface area contributed by atoms with Crippen molar-refractivity contribution in [3.05, 3.63) is 107 Å². The molecule has 3 nitrogen and oxygen atoms in total. The van der Waals surface area contributed by atoms with Crippen LogP contribution in [0.3, 0.4) is 0 Å². The summed E-state index contributed by atoms with van der Waals surface area (Å²) in [6, 6.07) is 20.1. The smallest absolute Gasteiger partial charge is 0.163 e. The Kier molecular flexibility index (Phi) is 4.58. The molecule has 5 heteroatoms. The Hall–Kier alpha value is -3.47. The molecule has 2 aliphatic rings. The third-order valence-corrected chi connectivity index (χ3v) is 5.85. The van der Waals surface area contributed by atoms with Crippen LogP contribution in [0, 0.1) is 11.6 Å². The number of anilines is 2. The molecule has 5 rings (SSSR count). The monoisotopic (exact) mass is 402 g/mol. The van der Waals surface area contributed by atoms with Gasteiger partial charge in [-0.1, -0.05) is 42.5 Å². The van der Waals surface area contributed by atoms with Gasteiger partial charge in [0, 0.05) is 23.3 Å². The van der Waals surface area contributed by atoms with E-state index < -0.39 is 17.7 Å². The molecule has 0 bridgehead atoms. The van der Waals surface area contributed by atoms with Crippen molar-refractivity contribution in [2.75, 3.05) is 10.6 Å². The Labute approximate surface area is 173 Å². The summed E-state index contributed by atoms with van der Waals surface area (Å²) in [4.78, 5) is 13.3. The highest BCUT2D eigenvalue weighted by Crippen LogP contribution is 2.44.